The van der Waals surface area contributed by atoms with Gasteiger partial charge in [-0.2, -0.15) is 0 Å². The Kier molecular flexibility index (Phi) is 4.86. The number of rotatable bonds is 3. The van der Waals surface area contributed by atoms with Crippen molar-refractivity contribution in [2.45, 2.75) is 37.9 Å². The highest BCUT2D eigenvalue weighted by Crippen LogP contribution is 2.43. The second kappa shape index (κ2) is 5.79. The molecule has 0 aromatic carbocycles. The molecule has 8 nitrogen and oxygen atoms in total. The SMILES string of the molecule is CCOC(=O)C(=O)N([O-])C1CCC(P(=O)([O-])[O-])C1. The molecule has 0 N–H and O–H groups in total. The second-order valence-corrected chi connectivity index (χ2v) is 5.82. The normalized spacial score (nSPS) is 23.8. The van der Waals surface area contributed by atoms with Gasteiger partial charge in [0.05, 0.1) is 6.61 Å². The van der Waals surface area contributed by atoms with Crippen molar-refractivity contribution in [3.05, 3.63) is 5.21 Å². The zero-order valence-corrected chi connectivity index (χ0v) is 10.6. The van der Waals surface area contributed by atoms with Gasteiger partial charge in [0.2, 0.25) is 0 Å². The van der Waals surface area contributed by atoms with Gasteiger partial charge in [-0.1, -0.05) is 7.60 Å². The number of hydrogen-bond donors (Lipinski definition) is 0. The highest BCUT2D eigenvalue weighted by Gasteiger charge is 2.31. The molecule has 1 rings (SSSR count). The smallest absolute Gasteiger partial charge is 0.396 e. The molecule has 104 valence electrons. The topological polar surface area (TPSA) is 133 Å². The Bertz CT molecular complexity index is 379. The average molecular weight is 278 g/mol. The zero-order chi connectivity index (χ0) is 13.9. The molecule has 2 atom stereocenters. The van der Waals surface area contributed by atoms with E-state index in [-0.39, 0.29) is 30.9 Å². The molecule has 0 bridgehead atoms. The molecule has 1 aliphatic carbocycles. The summed E-state index contributed by atoms with van der Waals surface area (Å²) < 4.78 is 15.2. The molecule has 1 fully saturated rings. The number of nitrogens with zero attached hydrogens (tertiary/aromatic N) is 1. The van der Waals surface area contributed by atoms with Crippen molar-refractivity contribution in [3.63, 3.8) is 0 Å². The van der Waals surface area contributed by atoms with Crippen LogP contribution in [0.2, 0.25) is 0 Å². The van der Waals surface area contributed by atoms with Crippen molar-refractivity contribution < 1.29 is 28.7 Å². The second-order valence-electron chi connectivity index (χ2n) is 4.01. The first-order valence-corrected chi connectivity index (χ1v) is 7.07. The lowest BCUT2D eigenvalue weighted by molar-refractivity contribution is -0.316. The highest BCUT2D eigenvalue weighted by atomic mass is 31.2. The highest BCUT2D eigenvalue weighted by molar-refractivity contribution is 7.49. The molecule has 0 radical (unpaired) electrons. The van der Waals surface area contributed by atoms with Crippen molar-refractivity contribution in [1.82, 2.24) is 5.06 Å². The van der Waals surface area contributed by atoms with Gasteiger partial charge in [-0.05, 0) is 31.8 Å². The molecular formula is C9H13NO7P-3. The maximum atomic E-state index is 11.5. The minimum Gasteiger partial charge on any atom is -0.811 e. The van der Waals surface area contributed by atoms with E-state index < -0.39 is 31.2 Å². The third kappa shape index (κ3) is 3.52. The number of amides is 1. The van der Waals surface area contributed by atoms with Gasteiger partial charge < -0.3 is 29.4 Å². The van der Waals surface area contributed by atoms with Crippen molar-refractivity contribution in [3.8, 4) is 0 Å². The van der Waals surface area contributed by atoms with Gasteiger partial charge in [0, 0.05) is 6.04 Å². The maximum absolute atomic E-state index is 11.5. The Labute approximate surface area is 104 Å². The van der Waals surface area contributed by atoms with E-state index in [9.17, 15) is 29.1 Å². The monoisotopic (exact) mass is 278 g/mol. The molecule has 0 aromatic heterocycles. The Morgan fingerprint density at radius 2 is 2.00 bits per heavy atom. The summed E-state index contributed by atoms with van der Waals surface area (Å²) in [7, 11) is -4.75. The summed E-state index contributed by atoms with van der Waals surface area (Å²) in [6.07, 6.45) is -0.101. The third-order valence-corrected chi connectivity index (χ3v) is 4.17. The first-order valence-electron chi connectivity index (χ1n) is 5.46. The van der Waals surface area contributed by atoms with Gasteiger partial charge >= 0.3 is 11.9 Å². The number of carbonyl (C=O) groups is 2. The summed E-state index contributed by atoms with van der Waals surface area (Å²) in [5.74, 6) is -2.64. The third-order valence-electron chi connectivity index (χ3n) is 2.81. The molecule has 1 amide bonds. The van der Waals surface area contributed by atoms with Crippen molar-refractivity contribution in [2.75, 3.05) is 6.61 Å². The fourth-order valence-corrected chi connectivity index (χ4v) is 2.85. The lowest BCUT2D eigenvalue weighted by Gasteiger charge is -2.38. The van der Waals surface area contributed by atoms with E-state index in [2.05, 4.69) is 4.74 Å². The Morgan fingerprint density at radius 1 is 1.39 bits per heavy atom. The van der Waals surface area contributed by atoms with E-state index in [0.717, 1.165) is 0 Å². The van der Waals surface area contributed by atoms with Gasteiger partial charge in [0.1, 0.15) is 0 Å². The zero-order valence-electron chi connectivity index (χ0n) is 9.74. The van der Waals surface area contributed by atoms with E-state index in [1.54, 1.807) is 0 Å². The van der Waals surface area contributed by atoms with Crippen LogP contribution in [0.5, 0.6) is 0 Å². The van der Waals surface area contributed by atoms with Gasteiger partial charge in [-0.3, -0.25) is 4.79 Å². The Hall–Kier alpha value is -0.950. The van der Waals surface area contributed by atoms with Crippen molar-refractivity contribution in [1.29, 1.82) is 0 Å². The van der Waals surface area contributed by atoms with Crippen LogP contribution in [0.4, 0.5) is 0 Å². The molecule has 18 heavy (non-hydrogen) atoms. The van der Waals surface area contributed by atoms with Crippen LogP contribution >= 0.6 is 7.60 Å². The summed E-state index contributed by atoms with van der Waals surface area (Å²) in [4.78, 5) is 43.9. The van der Waals surface area contributed by atoms with Crippen LogP contribution in [0.1, 0.15) is 26.2 Å². The van der Waals surface area contributed by atoms with E-state index in [0.29, 0.717) is 0 Å². The standard InChI is InChI=1S/C9H15NO7P/c1-2-17-9(12)8(11)10(13)6-3-4-7(5-6)18(14,15)16/h6-7H,2-5H2,1H3,(H2,14,15,16)/q-1/p-2. The van der Waals surface area contributed by atoms with Crippen LogP contribution in [0, 0.1) is 5.21 Å². The first kappa shape index (κ1) is 15.1. The quantitative estimate of drug-likeness (QED) is 0.271. The number of ether oxygens (including phenoxy) is 1. The van der Waals surface area contributed by atoms with Gasteiger partial charge in [-0.15, -0.1) is 0 Å². The summed E-state index contributed by atoms with van der Waals surface area (Å²) >= 11 is 0. The molecular weight excluding hydrogens is 265 g/mol. The number of hydroxylamine groups is 2. The van der Waals surface area contributed by atoms with Gasteiger partial charge in [0.15, 0.2) is 0 Å². The van der Waals surface area contributed by atoms with Gasteiger partial charge in [0.25, 0.3) is 0 Å². The van der Waals surface area contributed by atoms with E-state index in [4.69, 9.17) is 0 Å². The van der Waals surface area contributed by atoms with Crippen LogP contribution in [-0.4, -0.2) is 35.2 Å². The first-order chi connectivity index (χ1) is 8.27. The predicted octanol–water partition coefficient (Wildman–Crippen LogP) is -1.29. The van der Waals surface area contributed by atoms with Crippen LogP contribution in [0.15, 0.2) is 0 Å². The number of carbonyl (C=O) groups excluding carboxylic acids is 2. The van der Waals surface area contributed by atoms with Crippen LogP contribution in [0.25, 0.3) is 0 Å². The van der Waals surface area contributed by atoms with E-state index >= 15 is 0 Å². The molecule has 0 spiro atoms. The molecule has 0 heterocycles. The fraction of sp³-hybridized carbons (Fsp3) is 0.778. The largest absolute Gasteiger partial charge is 0.811 e. The molecule has 1 saturated carbocycles. The lowest BCUT2D eigenvalue weighted by atomic mass is 10.2. The number of esters is 1. The minimum atomic E-state index is -4.75. The summed E-state index contributed by atoms with van der Waals surface area (Å²) in [5, 5.41) is 11.4. The fourth-order valence-electron chi connectivity index (χ4n) is 1.88. The van der Waals surface area contributed by atoms with Crippen LogP contribution in [0.3, 0.4) is 0 Å². The molecule has 0 saturated heterocycles. The van der Waals surface area contributed by atoms with Crippen molar-refractivity contribution >= 4 is 19.5 Å². The molecule has 9 heteroatoms. The van der Waals surface area contributed by atoms with Crippen LogP contribution < -0.4 is 9.79 Å². The molecule has 1 aliphatic rings. The Morgan fingerprint density at radius 3 is 2.44 bits per heavy atom. The van der Waals surface area contributed by atoms with Crippen molar-refractivity contribution in [2.24, 2.45) is 0 Å². The van der Waals surface area contributed by atoms with Crippen LogP contribution in [-0.2, 0) is 18.9 Å². The Balaban J connectivity index is 2.60. The summed E-state index contributed by atoms with van der Waals surface area (Å²) in [6.45, 7) is 1.44. The summed E-state index contributed by atoms with van der Waals surface area (Å²) in [5.41, 5.74) is -1.14. The predicted molar refractivity (Wildman–Crippen MR) is 55.9 cm³/mol. The molecule has 0 aromatic rings. The minimum absolute atomic E-state index is 0.0315. The molecule has 0 aliphatic heterocycles. The maximum Gasteiger partial charge on any atom is 0.396 e. The van der Waals surface area contributed by atoms with E-state index in [1.165, 1.54) is 6.92 Å². The van der Waals surface area contributed by atoms with E-state index in [1.807, 2.05) is 0 Å². The number of hydrogen-bond acceptors (Lipinski definition) is 7. The van der Waals surface area contributed by atoms with Gasteiger partial charge in [-0.25, -0.2) is 4.79 Å². The lowest BCUT2D eigenvalue weighted by Crippen LogP contribution is -2.40. The molecule has 2 unspecified atom stereocenters. The average Bonchev–Trinajstić information content (AvgIpc) is 2.76. The summed E-state index contributed by atoms with van der Waals surface area (Å²) in [6, 6.07) is -0.955.